The number of hydrogen-bond donors (Lipinski definition) is 9. The van der Waals surface area contributed by atoms with Crippen molar-refractivity contribution in [2.24, 2.45) is 11.5 Å². The van der Waals surface area contributed by atoms with E-state index in [0.717, 1.165) is 0 Å². The maximum atomic E-state index is 12.8. The first kappa shape index (κ1) is 28.7. The van der Waals surface area contributed by atoms with Crippen molar-refractivity contribution in [1.82, 2.24) is 16.0 Å². The Morgan fingerprint density at radius 2 is 1.53 bits per heavy atom. The second-order valence-corrected chi connectivity index (χ2v) is 7.88. The number of carbonyl (C=O) groups excluding carboxylic acids is 4. The molecule has 0 aliphatic rings. The molecule has 34 heavy (non-hydrogen) atoms. The number of thiol groups is 1. The Hall–Kier alpha value is -3.36. The molecule has 0 spiro atoms. The van der Waals surface area contributed by atoms with E-state index in [1.54, 1.807) is 0 Å². The second kappa shape index (κ2) is 13.4. The lowest BCUT2D eigenvalue weighted by atomic mass is 10.0. The van der Waals surface area contributed by atoms with Crippen molar-refractivity contribution in [3.05, 3.63) is 29.8 Å². The van der Waals surface area contributed by atoms with E-state index in [1.165, 1.54) is 31.2 Å². The Morgan fingerprint density at radius 3 is 2.00 bits per heavy atom. The molecule has 0 heterocycles. The number of nitrogens with two attached hydrogens (primary N) is 2. The fourth-order valence-corrected chi connectivity index (χ4v) is 2.93. The normalized spacial score (nSPS) is 15.2. The van der Waals surface area contributed by atoms with E-state index < -0.39 is 66.3 Å². The van der Waals surface area contributed by atoms with Gasteiger partial charge in [-0.25, -0.2) is 4.79 Å². The first-order chi connectivity index (χ1) is 15.8. The molecule has 14 heteroatoms. The average Bonchev–Trinajstić information content (AvgIpc) is 2.76. The van der Waals surface area contributed by atoms with Crippen molar-refractivity contribution in [1.29, 1.82) is 0 Å². The van der Waals surface area contributed by atoms with Gasteiger partial charge in [0.05, 0.1) is 18.6 Å². The van der Waals surface area contributed by atoms with Crippen LogP contribution < -0.4 is 27.4 Å². The van der Waals surface area contributed by atoms with Crippen molar-refractivity contribution in [3.8, 4) is 5.75 Å². The van der Waals surface area contributed by atoms with Gasteiger partial charge in [0.25, 0.3) is 0 Å². The summed E-state index contributed by atoms with van der Waals surface area (Å²) in [6, 6.07) is 0.0498. The second-order valence-electron chi connectivity index (χ2n) is 7.52. The van der Waals surface area contributed by atoms with Crippen LogP contribution in [0.15, 0.2) is 24.3 Å². The zero-order chi connectivity index (χ0) is 26.0. The van der Waals surface area contributed by atoms with Gasteiger partial charge in [-0.1, -0.05) is 12.1 Å². The van der Waals surface area contributed by atoms with Crippen LogP contribution in [0.1, 0.15) is 18.9 Å². The highest BCUT2D eigenvalue weighted by Gasteiger charge is 2.32. The minimum absolute atomic E-state index is 0.0255. The van der Waals surface area contributed by atoms with E-state index in [4.69, 9.17) is 11.5 Å². The molecule has 0 radical (unpaired) electrons. The van der Waals surface area contributed by atoms with Crippen molar-refractivity contribution in [2.75, 3.05) is 5.75 Å². The molecule has 0 saturated heterocycles. The van der Waals surface area contributed by atoms with Gasteiger partial charge in [-0.15, -0.1) is 0 Å². The minimum atomic E-state index is -1.65. The summed E-state index contributed by atoms with van der Waals surface area (Å²) in [4.78, 5) is 60.3. The van der Waals surface area contributed by atoms with E-state index in [0.29, 0.717) is 5.56 Å². The van der Waals surface area contributed by atoms with E-state index in [2.05, 4.69) is 28.6 Å². The van der Waals surface area contributed by atoms with Gasteiger partial charge in [-0.2, -0.15) is 12.6 Å². The number of primary amides is 1. The summed E-state index contributed by atoms with van der Waals surface area (Å²) in [6.45, 7) is 1.24. The quantitative estimate of drug-likeness (QED) is 0.125. The van der Waals surface area contributed by atoms with Gasteiger partial charge in [0.15, 0.2) is 0 Å². The van der Waals surface area contributed by atoms with Gasteiger partial charge < -0.3 is 42.7 Å². The summed E-state index contributed by atoms with van der Waals surface area (Å²) in [6.07, 6.45) is -2.22. The number of amides is 4. The standard InChI is InChI=1S/C20H29N5O8S/c1-9(26)16(25-17(29)12(21)8-34)19(31)23-13(6-10-2-4-11(27)5-3-10)18(30)24-14(20(32)33)7-15(22)28/h2-5,9,12-14,16,26-27,34H,6-8,21H2,1H3,(H2,22,28)(H,23,31)(H,24,30)(H,25,29)(H,32,33). The Labute approximate surface area is 200 Å². The number of phenolic OH excluding ortho intramolecular Hbond substituents is 1. The summed E-state index contributed by atoms with van der Waals surface area (Å²) in [5.74, 6) is -5.22. The summed E-state index contributed by atoms with van der Waals surface area (Å²) >= 11 is 3.90. The lowest BCUT2D eigenvalue weighted by Crippen LogP contribution is -2.60. The molecule has 0 aliphatic carbocycles. The van der Waals surface area contributed by atoms with E-state index in [9.17, 15) is 39.3 Å². The van der Waals surface area contributed by atoms with Crippen LogP contribution in [0.5, 0.6) is 5.75 Å². The van der Waals surface area contributed by atoms with Crippen molar-refractivity contribution in [2.45, 2.75) is 50.0 Å². The Bertz CT molecular complexity index is 895. The van der Waals surface area contributed by atoms with Gasteiger partial charge in [-0.05, 0) is 24.6 Å². The molecule has 0 aromatic heterocycles. The molecule has 0 saturated carbocycles. The molecule has 5 unspecified atom stereocenters. The fraction of sp³-hybridized carbons (Fsp3) is 0.450. The number of aromatic hydroxyl groups is 1. The number of aliphatic carboxylic acids is 1. The Balaban J connectivity index is 3.14. The van der Waals surface area contributed by atoms with Crippen LogP contribution in [0.3, 0.4) is 0 Å². The summed E-state index contributed by atoms with van der Waals surface area (Å²) in [7, 11) is 0. The number of rotatable bonds is 13. The number of carboxylic acids is 1. The molecule has 1 aromatic rings. The van der Waals surface area contributed by atoms with Crippen LogP contribution in [0.2, 0.25) is 0 Å². The zero-order valence-corrected chi connectivity index (χ0v) is 19.2. The predicted octanol–water partition coefficient (Wildman–Crippen LogP) is -3.01. The maximum Gasteiger partial charge on any atom is 0.326 e. The van der Waals surface area contributed by atoms with Gasteiger partial charge in [0.1, 0.15) is 23.9 Å². The number of aliphatic hydroxyl groups is 1. The molecule has 5 atom stereocenters. The van der Waals surface area contributed by atoms with Crippen molar-refractivity contribution < 1.29 is 39.3 Å². The first-order valence-corrected chi connectivity index (χ1v) is 10.7. The summed E-state index contributed by atoms with van der Waals surface area (Å²) < 4.78 is 0. The summed E-state index contributed by atoms with van der Waals surface area (Å²) in [5, 5.41) is 35.5. The lowest BCUT2D eigenvalue weighted by Gasteiger charge is -2.26. The van der Waals surface area contributed by atoms with Crippen molar-refractivity contribution >= 4 is 42.2 Å². The van der Waals surface area contributed by atoms with Crippen LogP contribution in [-0.4, -0.2) is 80.9 Å². The van der Waals surface area contributed by atoms with Crippen LogP contribution in [0, 0.1) is 0 Å². The third-order valence-corrected chi connectivity index (χ3v) is 5.02. The molecule has 188 valence electrons. The van der Waals surface area contributed by atoms with Gasteiger partial charge >= 0.3 is 5.97 Å². The van der Waals surface area contributed by atoms with Crippen LogP contribution in [-0.2, 0) is 30.4 Å². The average molecular weight is 500 g/mol. The summed E-state index contributed by atoms with van der Waals surface area (Å²) in [5.41, 5.74) is 11.1. The number of carbonyl (C=O) groups is 5. The minimum Gasteiger partial charge on any atom is -0.508 e. The third kappa shape index (κ3) is 9.25. The van der Waals surface area contributed by atoms with Gasteiger partial charge in [-0.3, -0.25) is 19.2 Å². The third-order valence-electron chi connectivity index (χ3n) is 4.63. The topological polar surface area (TPSA) is 234 Å². The fourth-order valence-electron chi connectivity index (χ4n) is 2.76. The molecule has 10 N–H and O–H groups in total. The molecule has 13 nitrogen and oxygen atoms in total. The predicted molar refractivity (Wildman–Crippen MR) is 123 cm³/mol. The molecule has 0 fully saturated rings. The SMILES string of the molecule is CC(O)C(NC(=O)C(N)CS)C(=O)NC(Cc1ccc(O)cc1)C(=O)NC(CC(N)=O)C(=O)O. The molecular formula is C20H29N5O8S. The molecule has 0 aliphatic heterocycles. The van der Waals surface area contributed by atoms with Crippen molar-refractivity contribution in [3.63, 3.8) is 0 Å². The molecule has 1 aromatic carbocycles. The highest BCUT2D eigenvalue weighted by Crippen LogP contribution is 2.12. The monoisotopic (exact) mass is 499 g/mol. The van der Waals surface area contributed by atoms with Gasteiger partial charge in [0, 0.05) is 12.2 Å². The number of carboxylic acid groups (broad SMARTS) is 1. The molecule has 0 bridgehead atoms. The van der Waals surface area contributed by atoms with Crippen LogP contribution in [0.25, 0.3) is 0 Å². The van der Waals surface area contributed by atoms with E-state index in [1.807, 2.05) is 0 Å². The highest BCUT2D eigenvalue weighted by molar-refractivity contribution is 7.80. The Kier molecular flexibility index (Phi) is 11.3. The number of nitrogens with one attached hydrogen (secondary N) is 3. The molecule has 1 rings (SSSR count). The highest BCUT2D eigenvalue weighted by atomic mass is 32.1. The van der Waals surface area contributed by atoms with Crippen LogP contribution >= 0.6 is 12.6 Å². The van der Waals surface area contributed by atoms with Gasteiger partial charge in [0.2, 0.25) is 23.6 Å². The lowest BCUT2D eigenvalue weighted by molar-refractivity contribution is -0.143. The largest absolute Gasteiger partial charge is 0.508 e. The number of aliphatic hydroxyl groups excluding tert-OH is 1. The number of phenols is 1. The number of hydrogen-bond acceptors (Lipinski definition) is 9. The maximum absolute atomic E-state index is 12.8. The number of benzene rings is 1. The van der Waals surface area contributed by atoms with E-state index >= 15 is 0 Å². The zero-order valence-electron chi connectivity index (χ0n) is 18.3. The molecular weight excluding hydrogens is 470 g/mol. The van der Waals surface area contributed by atoms with E-state index in [-0.39, 0.29) is 17.9 Å². The first-order valence-electron chi connectivity index (χ1n) is 10.1. The smallest absolute Gasteiger partial charge is 0.326 e. The Morgan fingerprint density at radius 1 is 0.971 bits per heavy atom. The molecule has 4 amide bonds. The van der Waals surface area contributed by atoms with Crippen LogP contribution in [0.4, 0.5) is 0 Å².